The molecular weight excluding hydrogens is 331 g/mol. The van der Waals surface area contributed by atoms with Crippen LogP contribution in [0.2, 0.25) is 0 Å². The summed E-state index contributed by atoms with van der Waals surface area (Å²) < 4.78 is 39.0. The summed E-state index contributed by atoms with van der Waals surface area (Å²) in [6, 6.07) is 7.87. The summed E-state index contributed by atoms with van der Waals surface area (Å²) in [5, 5.41) is 5.43. The quantitative estimate of drug-likeness (QED) is 0.694. The lowest BCUT2D eigenvalue weighted by molar-refractivity contribution is -0.136. The molecule has 0 bridgehead atoms. The van der Waals surface area contributed by atoms with E-state index < -0.39 is 17.6 Å². The molecule has 0 saturated heterocycles. The van der Waals surface area contributed by atoms with Gasteiger partial charge in [0.05, 0.1) is 11.3 Å². The molecular formula is C18H20F3N3O. The molecule has 2 aromatic rings. The zero-order chi connectivity index (χ0) is 18.3. The predicted octanol–water partition coefficient (Wildman–Crippen LogP) is 4.95. The number of para-hydroxylation sites is 1. The molecule has 0 atom stereocenters. The smallest absolute Gasteiger partial charge is 0.370 e. The number of nitrogens with zero attached hydrogens (tertiary/aromatic N) is 1. The van der Waals surface area contributed by atoms with Gasteiger partial charge in [-0.1, -0.05) is 31.9 Å². The van der Waals surface area contributed by atoms with Gasteiger partial charge in [-0.05, 0) is 30.7 Å². The van der Waals surface area contributed by atoms with E-state index in [9.17, 15) is 18.0 Å². The van der Waals surface area contributed by atoms with Crippen molar-refractivity contribution < 1.29 is 18.0 Å². The maximum atomic E-state index is 13.0. The second-order valence-corrected chi connectivity index (χ2v) is 5.56. The third-order valence-corrected chi connectivity index (χ3v) is 3.59. The topological polar surface area (TPSA) is 54.0 Å². The van der Waals surface area contributed by atoms with Crippen LogP contribution >= 0.6 is 0 Å². The minimum absolute atomic E-state index is 0.241. The summed E-state index contributed by atoms with van der Waals surface area (Å²) in [7, 11) is 0. The lowest BCUT2D eigenvalue weighted by Gasteiger charge is -2.13. The van der Waals surface area contributed by atoms with Crippen LogP contribution < -0.4 is 10.6 Å². The number of hydrogen-bond acceptors (Lipinski definition) is 3. The van der Waals surface area contributed by atoms with Crippen LogP contribution in [0.15, 0.2) is 42.6 Å². The van der Waals surface area contributed by atoms with E-state index in [2.05, 4.69) is 22.5 Å². The van der Waals surface area contributed by atoms with Gasteiger partial charge in [-0.2, -0.15) is 13.2 Å². The number of hydrogen-bond donors (Lipinski definition) is 2. The number of rotatable bonds is 7. The zero-order valence-corrected chi connectivity index (χ0v) is 13.9. The molecule has 1 aromatic carbocycles. The molecule has 134 valence electrons. The largest absolute Gasteiger partial charge is 0.418 e. The van der Waals surface area contributed by atoms with Crippen LogP contribution in [0.25, 0.3) is 0 Å². The molecule has 2 rings (SSSR count). The minimum Gasteiger partial charge on any atom is -0.370 e. The average Bonchev–Trinajstić information content (AvgIpc) is 2.58. The van der Waals surface area contributed by atoms with E-state index in [1.807, 2.05) is 0 Å². The SMILES string of the molecule is CCCCCNc1cc(C(=O)Nc2ccccc2C(F)(F)F)ccn1. The Labute approximate surface area is 144 Å². The number of carbonyl (C=O) groups excluding carboxylic acids is 1. The lowest BCUT2D eigenvalue weighted by atomic mass is 10.1. The molecule has 4 nitrogen and oxygen atoms in total. The van der Waals surface area contributed by atoms with Crippen molar-refractivity contribution >= 4 is 17.4 Å². The van der Waals surface area contributed by atoms with Crippen molar-refractivity contribution in [1.82, 2.24) is 4.98 Å². The molecule has 0 fully saturated rings. The summed E-state index contributed by atoms with van der Waals surface area (Å²) in [4.78, 5) is 16.4. The van der Waals surface area contributed by atoms with Gasteiger partial charge in [0.25, 0.3) is 5.91 Å². The van der Waals surface area contributed by atoms with Crippen LogP contribution in [-0.4, -0.2) is 17.4 Å². The number of pyridine rings is 1. The normalized spacial score (nSPS) is 11.2. The molecule has 0 aliphatic carbocycles. The number of nitrogens with one attached hydrogen (secondary N) is 2. The summed E-state index contributed by atoms with van der Waals surface area (Å²) >= 11 is 0. The monoisotopic (exact) mass is 351 g/mol. The van der Waals surface area contributed by atoms with Crippen molar-refractivity contribution in [2.75, 3.05) is 17.2 Å². The molecule has 7 heteroatoms. The van der Waals surface area contributed by atoms with Crippen LogP contribution in [-0.2, 0) is 6.18 Å². The number of carbonyl (C=O) groups is 1. The van der Waals surface area contributed by atoms with Crippen LogP contribution in [0.3, 0.4) is 0 Å². The second kappa shape index (κ2) is 8.50. The number of halogens is 3. The maximum absolute atomic E-state index is 13.0. The van der Waals surface area contributed by atoms with Crippen molar-refractivity contribution in [3.8, 4) is 0 Å². The second-order valence-electron chi connectivity index (χ2n) is 5.56. The number of amides is 1. The van der Waals surface area contributed by atoms with Crippen molar-refractivity contribution in [2.24, 2.45) is 0 Å². The highest BCUT2D eigenvalue weighted by Gasteiger charge is 2.33. The molecule has 25 heavy (non-hydrogen) atoms. The number of benzene rings is 1. The lowest BCUT2D eigenvalue weighted by Crippen LogP contribution is -2.17. The molecule has 2 N–H and O–H groups in total. The standard InChI is InChI=1S/C18H20F3N3O/c1-2-3-6-10-22-16-12-13(9-11-23-16)17(25)24-15-8-5-4-7-14(15)18(19,20)21/h4-5,7-9,11-12H,2-3,6,10H2,1H3,(H,22,23)(H,24,25). The molecule has 0 saturated carbocycles. The van der Waals surface area contributed by atoms with Gasteiger partial charge in [-0.25, -0.2) is 4.98 Å². The fourth-order valence-electron chi connectivity index (χ4n) is 2.29. The molecule has 0 spiro atoms. The molecule has 0 aliphatic heterocycles. The first kappa shape index (κ1) is 18.8. The Morgan fingerprint density at radius 3 is 2.64 bits per heavy atom. The Bertz CT molecular complexity index is 717. The summed E-state index contributed by atoms with van der Waals surface area (Å²) in [6.45, 7) is 2.82. The fraction of sp³-hybridized carbons (Fsp3) is 0.333. The van der Waals surface area contributed by atoms with Gasteiger partial charge in [0.2, 0.25) is 0 Å². The van der Waals surface area contributed by atoms with Crippen LogP contribution in [0.1, 0.15) is 42.1 Å². The van der Waals surface area contributed by atoms with Gasteiger partial charge in [-0.3, -0.25) is 4.79 Å². The zero-order valence-electron chi connectivity index (χ0n) is 13.9. The Kier molecular flexibility index (Phi) is 6.38. The summed E-state index contributed by atoms with van der Waals surface area (Å²) in [5.74, 6) is -0.0939. The van der Waals surface area contributed by atoms with Crippen LogP contribution in [0.4, 0.5) is 24.7 Å². The van der Waals surface area contributed by atoms with Crippen LogP contribution in [0.5, 0.6) is 0 Å². The molecule has 0 aliphatic rings. The first-order chi connectivity index (χ1) is 11.9. The summed E-state index contributed by atoms with van der Waals surface area (Å²) in [6.07, 6.45) is 0.0754. The van der Waals surface area contributed by atoms with E-state index in [0.29, 0.717) is 5.82 Å². The highest BCUT2D eigenvalue weighted by Crippen LogP contribution is 2.34. The van der Waals surface area contributed by atoms with Gasteiger partial charge < -0.3 is 10.6 Å². The Morgan fingerprint density at radius 2 is 1.92 bits per heavy atom. The van der Waals surface area contributed by atoms with Crippen molar-refractivity contribution in [2.45, 2.75) is 32.4 Å². The van der Waals surface area contributed by atoms with Gasteiger partial charge in [0.15, 0.2) is 0 Å². The Balaban J connectivity index is 2.09. The minimum atomic E-state index is -4.53. The first-order valence-corrected chi connectivity index (χ1v) is 8.09. The predicted molar refractivity (Wildman–Crippen MR) is 91.6 cm³/mol. The number of alkyl halides is 3. The maximum Gasteiger partial charge on any atom is 0.418 e. The van der Waals surface area contributed by atoms with E-state index in [4.69, 9.17) is 0 Å². The van der Waals surface area contributed by atoms with Gasteiger partial charge >= 0.3 is 6.18 Å². The third-order valence-electron chi connectivity index (χ3n) is 3.59. The first-order valence-electron chi connectivity index (χ1n) is 8.09. The van der Waals surface area contributed by atoms with Gasteiger partial charge in [0.1, 0.15) is 5.82 Å². The van der Waals surface area contributed by atoms with Crippen molar-refractivity contribution in [3.63, 3.8) is 0 Å². The van der Waals surface area contributed by atoms with Crippen LogP contribution in [0, 0.1) is 0 Å². The number of anilines is 2. The number of aromatic nitrogens is 1. The van der Waals surface area contributed by atoms with E-state index in [-0.39, 0.29) is 11.3 Å². The van der Waals surface area contributed by atoms with Gasteiger partial charge in [-0.15, -0.1) is 0 Å². The molecule has 0 radical (unpaired) electrons. The Hall–Kier alpha value is -2.57. The van der Waals surface area contributed by atoms with E-state index in [0.717, 1.165) is 31.9 Å². The molecule has 1 amide bonds. The highest BCUT2D eigenvalue weighted by molar-refractivity contribution is 6.05. The molecule has 0 unspecified atom stereocenters. The number of unbranched alkanes of at least 4 members (excludes halogenated alkanes) is 2. The third kappa shape index (κ3) is 5.48. The van der Waals surface area contributed by atoms with Crippen molar-refractivity contribution in [3.05, 3.63) is 53.7 Å². The van der Waals surface area contributed by atoms with E-state index in [1.54, 1.807) is 0 Å². The average molecular weight is 351 g/mol. The Morgan fingerprint density at radius 1 is 1.16 bits per heavy atom. The van der Waals surface area contributed by atoms with E-state index >= 15 is 0 Å². The van der Waals surface area contributed by atoms with Crippen molar-refractivity contribution in [1.29, 1.82) is 0 Å². The fourth-order valence-corrected chi connectivity index (χ4v) is 2.29. The molecule has 1 heterocycles. The van der Waals surface area contributed by atoms with E-state index in [1.165, 1.54) is 36.5 Å². The summed E-state index contributed by atoms with van der Waals surface area (Å²) in [5.41, 5.74) is -0.908. The van der Waals surface area contributed by atoms with Gasteiger partial charge in [0, 0.05) is 18.3 Å². The highest BCUT2D eigenvalue weighted by atomic mass is 19.4. The molecule has 1 aromatic heterocycles.